The van der Waals surface area contributed by atoms with Crippen molar-refractivity contribution < 1.29 is 4.79 Å². The van der Waals surface area contributed by atoms with Gasteiger partial charge in [-0.1, -0.05) is 0 Å². The number of alkyl halides is 1. The third-order valence-electron chi connectivity index (χ3n) is 0.704. The van der Waals surface area contributed by atoms with Crippen molar-refractivity contribution in [1.82, 2.24) is 5.32 Å². The van der Waals surface area contributed by atoms with Gasteiger partial charge >= 0.3 is 0 Å². The van der Waals surface area contributed by atoms with Crippen LogP contribution in [0, 0.1) is 0 Å². The molecule has 0 bridgehead atoms. The highest BCUT2D eigenvalue weighted by molar-refractivity contribution is 6.21. The van der Waals surface area contributed by atoms with E-state index in [0.717, 1.165) is 0 Å². The van der Waals surface area contributed by atoms with Crippen molar-refractivity contribution in [3.63, 3.8) is 0 Å². The van der Waals surface area contributed by atoms with Crippen LogP contribution < -0.4 is 5.32 Å². The van der Waals surface area contributed by atoms with Gasteiger partial charge in [0.2, 0.25) is 5.91 Å². The van der Waals surface area contributed by atoms with Crippen LogP contribution in [-0.2, 0) is 4.79 Å². The van der Waals surface area contributed by atoms with E-state index in [1.54, 1.807) is 0 Å². The molecule has 1 aliphatic heterocycles. The van der Waals surface area contributed by atoms with E-state index in [1.807, 2.05) is 0 Å². The molecular weight excluding hydrogens is 101 g/mol. The topological polar surface area (TPSA) is 39.0 Å². The summed E-state index contributed by atoms with van der Waals surface area (Å²) in [5.41, 5.74) is 0. The van der Waals surface area contributed by atoms with Gasteiger partial charge in [0, 0.05) is 0 Å². The first-order chi connectivity index (χ1) is 2.84. The van der Waals surface area contributed by atoms with Gasteiger partial charge in [0.1, 0.15) is 6.04 Å². The normalized spacial score (nSPS) is 29.5. The van der Waals surface area contributed by atoms with Crippen LogP contribution in [0.2, 0.25) is 0 Å². The molecule has 1 heterocycles. The lowest BCUT2D eigenvalue weighted by atomic mass is 10.6. The number of hydrogen-bond acceptors (Lipinski definition) is 1. The summed E-state index contributed by atoms with van der Waals surface area (Å²) in [6.07, 6.45) is 0. The highest BCUT2D eigenvalue weighted by atomic mass is 35.5. The Morgan fingerprint density at radius 3 is 2.50 bits per heavy atom. The van der Waals surface area contributed by atoms with Crippen molar-refractivity contribution in [1.29, 1.82) is 0 Å². The summed E-state index contributed by atoms with van der Waals surface area (Å²) >= 11 is 5.21. The van der Waals surface area contributed by atoms with Crippen LogP contribution in [-0.4, -0.2) is 17.8 Å². The van der Waals surface area contributed by atoms with Gasteiger partial charge in [0.25, 0.3) is 0 Å². The predicted octanol–water partition coefficient (Wildman–Crippen LogP) is -0.276. The number of halogens is 1. The van der Waals surface area contributed by atoms with Crippen LogP contribution in [0.3, 0.4) is 0 Å². The molecule has 0 spiro atoms. The first-order valence-corrected chi connectivity index (χ1v) is 2.24. The fourth-order valence-electron chi connectivity index (χ4n) is 0.239. The highest BCUT2D eigenvalue weighted by Gasteiger charge is 2.31. The second-order valence-electron chi connectivity index (χ2n) is 1.22. The Morgan fingerprint density at radius 1 is 2.00 bits per heavy atom. The van der Waals surface area contributed by atoms with Gasteiger partial charge in [0.15, 0.2) is 0 Å². The molecule has 0 saturated carbocycles. The van der Waals surface area contributed by atoms with Gasteiger partial charge < -0.3 is 5.32 Å². The quantitative estimate of drug-likeness (QED) is 0.362. The van der Waals surface area contributed by atoms with E-state index in [0.29, 0.717) is 5.88 Å². The number of carbonyl (C=O) groups is 1. The third-order valence-corrected chi connectivity index (χ3v) is 1.01. The molecule has 0 radical (unpaired) electrons. The van der Waals surface area contributed by atoms with E-state index in [4.69, 9.17) is 11.6 Å². The average molecular weight is 106 g/mol. The summed E-state index contributed by atoms with van der Waals surface area (Å²) in [5.74, 6) is 0.490. The minimum atomic E-state index is -0.0216. The van der Waals surface area contributed by atoms with Gasteiger partial charge in [-0.05, 0) is 0 Å². The Bertz CT molecular complexity index is 82.9. The van der Waals surface area contributed by atoms with Gasteiger partial charge in [-0.2, -0.15) is 0 Å². The van der Waals surface area contributed by atoms with Gasteiger partial charge in [0.05, 0.1) is 5.88 Å². The SMILES string of the molecule is O=C1NC1CCl. The largest absolute Gasteiger partial charge is 0.341 e. The van der Waals surface area contributed by atoms with Crippen LogP contribution >= 0.6 is 11.6 Å². The summed E-state index contributed by atoms with van der Waals surface area (Å²) in [6, 6.07) is -0.0216. The summed E-state index contributed by atoms with van der Waals surface area (Å²) in [7, 11) is 0. The maximum Gasteiger partial charge on any atom is 0.244 e. The fraction of sp³-hybridized carbons (Fsp3) is 0.667. The lowest BCUT2D eigenvalue weighted by molar-refractivity contribution is -0.110. The Labute approximate surface area is 40.5 Å². The second kappa shape index (κ2) is 1.12. The van der Waals surface area contributed by atoms with Crippen molar-refractivity contribution in [3.8, 4) is 0 Å². The average Bonchev–Trinajstić information content (AvgIpc) is 2.19. The Morgan fingerprint density at radius 2 is 2.50 bits per heavy atom. The van der Waals surface area contributed by atoms with Crippen molar-refractivity contribution in [2.75, 3.05) is 5.88 Å². The van der Waals surface area contributed by atoms with Crippen molar-refractivity contribution in [2.24, 2.45) is 0 Å². The first kappa shape index (κ1) is 3.93. The van der Waals surface area contributed by atoms with E-state index in [2.05, 4.69) is 5.32 Å². The van der Waals surface area contributed by atoms with Crippen LogP contribution in [0.4, 0.5) is 0 Å². The van der Waals surface area contributed by atoms with Crippen LogP contribution in [0.25, 0.3) is 0 Å². The predicted molar refractivity (Wildman–Crippen MR) is 22.7 cm³/mol. The summed E-state index contributed by atoms with van der Waals surface area (Å²) < 4.78 is 0. The zero-order chi connectivity index (χ0) is 4.57. The molecule has 1 unspecified atom stereocenters. The molecule has 34 valence electrons. The molecule has 6 heavy (non-hydrogen) atoms. The molecule has 0 aromatic carbocycles. The minimum absolute atomic E-state index is 0.0216. The number of amides is 1. The van der Waals surface area contributed by atoms with Crippen LogP contribution in [0.1, 0.15) is 0 Å². The standard InChI is InChI=1S/C3H4ClNO/c4-1-2-3(6)5-2/h2H,1H2,(H,5,6). The number of carbonyl (C=O) groups excluding carboxylic acids is 1. The third kappa shape index (κ3) is 0.476. The summed E-state index contributed by atoms with van der Waals surface area (Å²) in [6.45, 7) is 0. The number of nitrogens with one attached hydrogen (secondary N) is 1. The lowest BCUT2D eigenvalue weighted by Crippen LogP contribution is -1.88. The number of hydrogen-bond donors (Lipinski definition) is 1. The molecule has 1 fully saturated rings. The molecule has 1 amide bonds. The lowest BCUT2D eigenvalue weighted by Gasteiger charge is -1.66. The monoisotopic (exact) mass is 105 g/mol. The Hall–Kier alpha value is -0.240. The maximum absolute atomic E-state index is 9.92. The van der Waals surface area contributed by atoms with E-state index >= 15 is 0 Å². The van der Waals surface area contributed by atoms with Gasteiger partial charge in [-0.25, -0.2) is 0 Å². The van der Waals surface area contributed by atoms with E-state index in [9.17, 15) is 4.79 Å². The second-order valence-corrected chi connectivity index (χ2v) is 1.52. The summed E-state index contributed by atoms with van der Waals surface area (Å²) in [4.78, 5) is 9.92. The molecule has 1 aliphatic rings. The molecule has 0 aliphatic carbocycles. The molecule has 0 aromatic rings. The van der Waals surface area contributed by atoms with Crippen molar-refractivity contribution in [2.45, 2.75) is 6.04 Å². The van der Waals surface area contributed by atoms with Crippen LogP contribution in [0.15, 0.2) is 0 Å². The van der Waals surface area contributed by atoms with Gasteiger partial charge in [-0.3, -0.25) is 4.79 Å². The van der Waals surface area contributed by atoms with Crippen molar-refractivity contribution in [3.05, 3.63) is 0 Å². The fourth-order valence-corrected chi connectivity index (χ4v) is 0.456. The molecule has 1 saturated heterocycles. The maximum atomic E-state index is 9.92. The minimum Gasteiger partial charge on any atom is -0.341 e. The first-order valence-electron chi connectivity index (χ1n) is 1.71. The van der Waals surface area contributed by atoms with Gasteiger partial charge in [-0.15, -0.1) is 11.6 Å². The Kier molecular flexibility index (Phi) is 0.733. The molecule has 1 atom stereocenters. The van der Waals surface area contributed by atoms with E-state index in [-0.39, 0.29) is 11.9 Å². The van der Waals surface area contributed by atoms with E-state index < -0.39 is 0 Å². The molecule has 1 rings (SSSR count). The molecule has 2 nitrogen and oxygen atoms in total. The Balaban J connectivity index is 2.26. The molecule has 1 N–H and O–H groups in total. The zero-order valence-electron chi connectivity index (χ0n) is 3.07. The number of rotatable bonds is 1. The molecular formula is C3H4ClNO. The van der Waals surface area contributed by atoms with Crippen molar-refractivity contribution >= 4 is 17.5 Å². The summed E-state index contributed by atoms with van der Waals surface area (Å²) in [5, 5.41) is 2.51. The zero-order valence-corrected chi connectivity index (χ0v) is 3.83. The highest BCUT2D eigenvalue weighted by Crippen LogP contribution is 1.99. The van der Waals surface area contributed by atoms with E-state index in [1.165, 1.54) is 0 Å². The molecule has 0 aromatic heterocycles. The molecule has 3 heteroatoms. The van der Waals surface area contributed by atoms with Crippen LogP contribution in [0.5, 0.6) is 0 Å². The smallest absolute Gasteiger partial charge is 0.244 e.